The second-order valence-electron chi connectivity index (χ2n) is 6.47. The first-order valence-electron chi connectivity index (χ1n) is 9.19. The zero-order chi connectivity index (χ0) is 20.1. The Balaban J connectivity index is 1.55. The highest BCUT2D eigenvalue weighted by Gasteiger charge is 2.12. The fourth-order valence-corrected chi connectivity index (χ4v) is 3.20. The Morgan fingerprint density at radius 3 is 2.38 bits per heavy atom. The van der Waals surface area contributed by atoms with E-state index in [-0.39, 0.29) is 5.82 Å². The van der Waals surface area contributed by atoms with Gasteiger partial charge < -0.3 is 10.6 Å². The Labute approximate surface area is 174 Å². The summed E-state index contributed by atoms with van der Waals surface area (Å²) < 4.78 is 15.2. The summed E-state index contributed by atoms with van der Waals surface area (Å²) in [6, 6.07) is 26.2. The number of rotatable bonds is 5. The van der Waals surface area contributed by atoms with E-state index in [1.165, 1.54) is 12.1 Å². The number of benzene rings is 3. The molecule has 0 saturated carbocycles. The molecule has 0 amide bonds. The summed E-state index contributed by atoms with van der Waals surface area (Å²) in [6.45, 7) is 0.484. The number of nitrogens with zero attached hydrogens (tertiary/aromatic N) is 2. The van der Waals surface area contributed by atoms with Crippen LogP contribution in [0.3, 0.4) is 0 Å². The minimum absolute atomic E-state index is 0.312. The molecule has 0 fully saturated rings. The summed E-state index contributed by atoms with van der Waals surface area (Å²) in [5, 5.41) is 11.4. The van der Waals surface area contributed by atoms with Gasteiger partial charge in [0.2, 0.25) is 0 Å². The Morgan fingerprint density at radius 2 is 1.66 bits per heavy atom. The number of hydrogen-bond acceptors (Lipinski definition) is 2. The summed E-state index contributed by atoms with van der Waals surface area (Å²) in [6.07, 6.45) is 2.00. The number of hydrogen-bond donors (Lipinski definition) is 2. The third-order valence-electron chi connectivity index (χ3n) is 4.38. The number of anilines is 1. The van der Waals surface area contributed by atoms with E-state index in [0.29, 0.717) is 17.3 Å². The number of halogens is 1. The maximum absolute atomic E-state index is 13.4. The third kappa shape index (κ3) is 4.67. The molecule has 0 aliphatic carbocycles. The molecular formula is C23H19FN4S. The lowest BCUT2D eigenvalue weighted by atomic mass is 10.1. The van der Waals surface area contributed by atoms with Crippen molar-refractivity contribution < 1.29 is 4.39 Å². The molecule has 0 radical (unpaired) electrons. The van der Waals surface area contributed by atoms with E-state index in [1.54, 1.807) is 12.1 Å². The second kappa shape index (κ2) is 8.67. The highest BCUT2D eigenvalue weighted by molar-refractivity contribution is 7.80. The van der Waals surface area contributed by atoms with Crippen molar-refractivity contribution in [3.05, 3.63) is 103 Å². The molecule has 0 aliphatic heterocycles. The zero-order valence-corrected chi connectivity index (χ0v) is 16.4. The minimum atomic E-state index is -0.312. The molecule has 3 aromatic carbocycles. The first-order chi connectivity index (χ1) is 14.2. The Hall–Kier alpha value is -3.51. The highest BCUT2D eigenvalue weighted by atomic mass is 32.1. The van der Waals surface area contributed by atoms with Gasteiger partial charge in [-0.25, -0.2) is 9.07 Å². The smallest absolute Gasteiger partial charge is 0.171 e. The first-order valence-corrected chi connectivity index (χ1v) is 9.60. The molecule has 29 heavy (non-hydrogen) atoms. The van der Waals surface area contributed by atoms with E-state index in [0.717, 1.165) is 22.5 Å². The van der Waals surface area contributed by atoms with E-state index in [9.17, 15) is 4.39 Å². The molecule has 4 rings (SSSR count). The summed E-state index contributed by atoms with van der Waals surface area (Å²) >= 11 is 5.37. The van der Waals surface area contributed by atoms with E-state index < -0.39 is 0 Å². The van der Waals surface area contributed by atoms with Gasteiger partial charge in [-0.3, -0.25) is 0 Å². The van der Waals surface area contributed by atoms with Crippen molar-refractivity contribution in [2.45, 2.75) is 6.54 Å². The van der Waals surface area contributed by atoms with Crippen LogP contribution in [-0.4, -0.2) is 14.9 Å². The van der Waals surface area contributed by atoms with Crippen molar-refractivity contribution in [3.63, 3.8) is 0 Å². The third-order valence-corrected chi connectivity index (χ3v) is 4.63. The van der Waals surface area contributed by atoms with Crippen LogP contribution in [0.25, 0.3) is 16.9 Å². The molecule has 0 bridgehead atoms. The fourth-order valence-electron chi connectivity index (χ4n) is 3.01. The topological polar surface area (TPSA) is 41.9 Å². The largest absolute Gasteiger partial charge is 0.358 e. The monoisotopic (exact) mass is 402 g/mol. The van der Waals surface area contributed by atoms with Crippen LogP contribution in [0.5, 0.6) is 0 Å². The number of para-hydroxylation sites is 1. The van der Waals surface area contributed by atoms with Gasteiger partial charge in [0.05, 0.1) is 11.4 Å². The van der Waals surface area contributed by atoms with Gasteiger partial charge in [-0.05, 0) is 42.5 Å². The van der Waals surface area contributed by atoms with Crippen LogP contribution in [0.1, 0.15) is 5.56 Å². The summed E-state index contributed by atoms with van der Waals surface area (Å²) in [5.41, 5.74) is 4.50. The SMILES string of the molecule is Fc1cccc(NC(=S)NCc2cn(-c3ccccc3)nc2-c2ccccc2)c1. The highest BCUT2D eigenvalue weighted by Crippen LogP contribution is 2.23. The minimum Gasteiger partial charge on any atom is -0.358 e. The molecule has 144 valence electrons. The molecule has 6 heteroatoms. The lowest BCUT2D eigenvalue weighted by molar-refractivity contribution is 0.628. The summed E-state index contributed by atoms with van der Waals surface area (Å²) in [4.78, 5) is 0. The quantitative estimate of drug-likeness (QED) is 0.452. The van der Waals surface area contributed by atoms with Gasteiger partial charge in [0.1, 0.15) is 5.82 Å². The van der Waals surface area contributed by atoms with E-state index in [2.05, 4.69) is 10.6 Å². The number of aromatic nitrogens is 2. The van der Waals surface area contributed by atoms with Crippen molar-refractivity contribution in [2.75, 3.05) is 5.32 Å². The average molecular weight is 402 g/mol. The van der Waals surface area contributed by atoms with E-state index >= 15 is 0 Å². The van der Waals surface area contributed by atoms with Gasteiger partial charge in [-0.2, -0.15) is 5.10 Å². The van der Waals surface area contributed by atoms with Crippen LogP contribution in [0.4, 0.5) is 10.1 Å². The molecule has 0 unspecified atom stereocenters. The fraction of sp³-hybridized carbons (Fsp3) is 0.0435. The van der Waals surface area contributed by atoms with Crippen molar-refractivity contribution in [2.24, 2.45) is 0 Å². The lowest BCUT2D eigenvalue weighted by Gasteiger charge is -2.10. The van der Waals surface area contributed by atoms with Crippen LogP contribution in [0, 0.1) is 5.82 Å². The predicted molar refractivity (Wildman–Crippen MR) is 118 cm³/mol. The van der Waals surface area contributed by atoms with E-state index in [4.69, 9.17) is 17.3 Å². The van der Waals surface area contributed by atoms with Gasteiger partial charge in [-0.15, -0.1) is 0 Å². The predicted octanol–water partition coefficient (Wildman–Crippen LogP) is 5.17. The molecule has 4 aromatic rings. The molecular weight excluding hydrogens is 383 g/mol. The van der Waals surface area contributed by atoms with Crippen LogP contribution in [0.15, 0.2) is 91.1 Å². The van der Waals surface area contributed by atoms with Crippen molar-refractivity contribution >= 4 is 23.0 Å². The Bertz CT molecular complexity index is 1110. The number of nitrogens with one attached hydrogen (secondary N) is 2. The molecule has 0 aliphatic rings. The normalized spacial score (nSPS) is 10.5. The van der Waals surface area contributed by atoms with Crippen molar-refractivity contribution in [3.8, 4) is 16.9 Å². The molecule has 0 spiro atoms. The van der Waals surface area contributed by atoms with Crippen molar-refractivity contribution in [1.82, 2.24) is 15.1 Å². The van der Waals surface area contributed by atoms with Crippen molar-refractivity contribution in [1.29, 1.82) is 0 Å². The first kappa shape index (κ1) is 18.8. The van der Waals surface area contributed by atoms with Crippen LogP contribution in [0.2, 0.25) is 0 Å². The molecule has 4 nitrogen and oxygen atoms in total. The van der Waals surface area contributed by atoms with E-state index in [1.807, 2.05) is 71.5 Å². The van der Waals surface area contributed by atoms with Gasteiger partial charge in [0.15, 0.2) is 5.11 Å². The maximum Gasteiger partial charge on any atom is 0.171 e. The average Bonchev–Trinajstić information content (AvgIpc) is 3.18. The molecule has 2 N–H and O–H groups in total. The summed E-state index contributed by atoms with van der Waals surface area (Å²) in [7, 11) is 0. The summed E-state index contributed by atoms with van der Waals surface area (Å²) in [5.74, 6) is -0.312. The van der Waals surface area contributed by atoms with Gasteiger partial charge in [-0.1, -0.05) is 54.6 Å². The zero-order valence-electron chi connectivity index (χ0n) is 15.5. The van der Waals surface area contributed by atoms with Crippen LogP contribution >= 0.6 is 12.2 Å². The van der Waals surface area contributed by atoms with Gasteiger partial charge in [0.25, 0.3) is 0 Å². The van der Waals surface area contributed by atoms with Crippen LogP contribution < -0.4 is 10.6 Å². The lowest BCUT2D eigenvalue weighted by Crippen LogP contribution is -2.28. The Kier molecular flexibility index (Phi) is 5.63. The number of thiocarbonyl (C=S) groups is 1. The maximum atomic E-state index is 13.4. The molecule has 1 heterocycles. The van der Waals surface area contributed by atoms with Gasteiger partial charge in [0, 0.05) is 29.6 Å². The second-order valence-corrected chi connectivity index (χ2v) is 6.88. The molecule has 0 saturated heterocycles. The standard InChI is InChI=1S/C23H19FN4S/c24-19-10-7-11-20(14-19)26-23(29)25-15-18-16-28(21-12-5-2-6-13-21)27-22(18)17-8-3-1-4-9-17/h1-14,16H,15H2,(H2,25,26,29). The Morgan fingerprint density at radius 1 is 0.931 bits per heavy atom. The van der Waals surface area contributed by atoms with Gasteiger partial charge >= 0.3 is 0 Å². The van der Waals surface area contributed by atoms with Crippen LogP contribution in [-0.2, 0) is 6.54 Å². The molecule has 0 atom stereocenters. The molecule has 1 aromatic heterocycles.